The van der Waals surface area contributed by atoms with E-state index in [4.69, 9.17) is 10.00 Å². The van der Waals surface area contributed by atoms with Gasteiger partial charge in [-0.3, -0.25) is 0 Å². The second-order valence-electron chi connectivity index (χ2n) is 4.80. The fourth-order valence-corrected chi connectivity index (χ4v) is 1.92. The first-order valence-electron chi connectivity index (χ1n) is 6.63. The molecular weight excluding hydrogens is 224 g/mol. The summed E-state index contributed by atoms with van der Waals surface area (Å²) in [5.74, 6) is 0.814. The van der Waals surface area contributed by atoms with E-state index < -0.39 is 0 Å². The molecule has 0 bridgehead atoms. The predicted octanol–water partition coefficient (Wildman–Crippen LogP) is 2.66. The van der Waals surface area contributed by atoms with Gasteiger partial charge >= 0.3 is 0 Å². The molecule has 96 valence electrons. The quantitative estimate of drug-likeness (QED) is 0.715. The lowest BCUT2D eigenvalue weighted by Crippen LogP contribution is -2.25. The number of hydrogen-bond acceptors (Lipinski definition) is 3. The summed E-state index contributed by atoms with van der Waals surface area (Å²) in [6.45, 7) is 2.43. The van der Waals surface area contributed by atoms with Crippen molar-refractivity contribution in [2.24, 2.45) is 5.92 Å². The summed E-state index contributed by atoms with van der Waals surface area (Å²) in [4.78, 5) is 0. The molecule has 0 radical (unpaired) electrons. The third-order valence-corrected chi connectivity index (χ3v) is 3.18. The summed E-state index contributed by atoms with van der Waals surface area (Å²) in [5.41, 5.74) is 1.17. The van der Waals surface area contributed by atoms with Crippen molar-refractivity contribution >= 4 is 0 Å². The lowest BCUT2D eigenvalue weighted by Gasteiger charge is -2.16. The fraction of sp³-hybridized carbons (Fsp3) is 0.533. The molecule has 1 atom stereocenters. The minimum absolute atomic E-state index is 0.112. The van der Waals surface area contributed by atoms with E-state index in [0.717, 1.165) is 25.7 Å². The summed E-state index contributed by atoms with van der Waals surface area (Å²) >= 11 is 0. The van der Waals surface area contributed by atoms with Crippen LogP contribution in [-0.2, 0) is 4.74 Å². The summed E-state index contributed by atoms with van der Waals surface area (Å²) in [5, 5.41) is 12.2. The monoisotopic (exact) mass is 244 g/mol. The van der Waals surface area contributed by atoms with Crippen molar-refractivity contribution in [3.63, 3.8) is 0 Å². The van der Waals surface area contributed by atoms with E-state index in [-0.39, 0.29) is 6.04 Å². The zero-order valence-corrected chi connectivity index (χ0v) is 10.6. The highest BCUT2D eigenvalue weighted by molar-refractivity contribution is 5.19. The molecule has 0 heterocycles. The van der Waals surface area contributed by atoms with Crippen LogP contribution in [0.15, 0.2) is 30.3 Å². The Kier molecular flexibility index (Phi) is 5.19. The van der Waals surface area contributed by atoms with Gasteiger partial charge in [-0.15, -0.1) is 0 Å². The van der Waals surface area contributed by atoms with E-state index >= 15 is 0 Å². The maximum absolute atomic E-state index is 8.86. The Morgan fingerprint density at radius 3 is 2.78 bits per heavy atom. The average Bonchev–Trinajstić information content (AvgIpc) is 3.22. The molecule has 1 aliphatic carbocycles. The first-order valence-corrected chi connectivity index (χ1v) is 6.63. The van der Waals surface area contributed by atoms with Crippen LogP contribution in [0, 0.1) is 17.2 Å². The van der Waals surface area contributed by atoms with Gasteiger partial charge in [0.1, 0.15) is 0 Å². The molecule has 1 aromatic carbocycles. The van der Waals surface area contributed by atoms with Crippen LogP contribution in [0.25, 0.3) is 0 Å². The van der Waals surface area contributed by atoms with Gasteiger partial charge in [-0.2, -0.15) is 5.26 Å². The Morgan fingerprint density at radius 2 is 2.11 bits per heavy atom. The fourth-order valence-electron chi connectivity index (χ4n) is 1.92. The van der Waals surface area contributed by atoms with Gasteiger partial charge in [-0.1, -0.05) is 30.3 Å². The molecule has 1 aromatic rings. The molecule has 1 N–H and O–H groups in total. The molecule has 0 aromatic heterocycles. The van der Waals surface area contributed by atoms with Crippen LogP contribution < -0.4 is 5.32 Å². The first-order chi connectivity index (χ1) is 8.90. The molecule has 1 unspecified atom stereocenters. The number of rotatable bonds is 8. The normalized spacial score (nSPS) is 16.2. The van der Waals surface area contributed by atoms with Crippen molar-refractivity contribution in [1.82, 2.24) is 5.32 Å². The number of benzene rings is 1. The van der Waals surface area contributed by atoms with Gasteiger partial charge in [0.25, 0.3) is 0 Å². The van der Waals surface area contributed by atoms with E-state index in [1.807, 2.05) is 18.2 Å². The molecule has 2 rings (SSSR count). The third-order valence-electron chi connectivity index (χ3n) is 3.18. The lowest BCUT2D eigenvalue weighted by molar-refractivity contribution is 0.124. The van der Waals surface area contributed by atoms with Crippen molar-refractivity contribution in [2.45, 2.75) is 25.3 Å². The summed E-state index contributed by atoms with van der Waals surface area (Å²) in [6.07, 6.45) is 3.15. The molecule has 0 spiro atoms. The molecule has 0 amide bonds. The maximum atomic E-state index is 8.86. The molecule has 1 fully saturated rings. The minimum atomic E-state index is 0.112. The first kappa shape index (κ1) is 13.1. The molecule has 0 saturated heterocycles. The van der Waals surface area contributed by atoms with Crippen LogP contribution in [0.1, 0.15) is 30.9 Å². The van der Waals surface area contributed by atoms with Crippen LogP contribution in [0.2, 0.25) is 0 Å². The van der Waals surface area contributed by atoms with Crippen molar-refractivity contribution in [2.75, 3.05) is 19.8 Å². The van der Waals surface area contributed by atoms with Gasteiger partial charge < -0.3 is 10.1 Å². The van der Waals surface area contributed by atoms with E-state index in [9.17, 15) is 0 Å². The van der Waals surface area contributed by atoms with Gasteiger partial charge in [-0.25, -0.2) is 0 Å². The van der Waals surface area contributed by atoms with Gasteiger partial charge in [0.15, 0.2) is 0 Å². The second-order valence-corrected chi connectivity index (χ2v) is 4.80. The SMILES string of the molecule is N#CCC(NCCOCC1CC1)c1ccccc1. The summed E-state index contributed by atoms with van der Waals surface area (Å²) < 4.78 is 5.58. The third kappa shape index (κ3) is 4.48. The lowest BCUT2D eigenvalue weighted by atomic mass is 10.0. The second kappa shape index (κ2) is 7.15. The van der Waals surface area contributed by atoms with Crippen LogP contribution in [0.4, 0.5) is 0 Å². The number of nitrogens with zero attached hydrogens (tertiary/aromatic N) is 1. The molecule has 1 aliphatic rings. The highest BCUT2D eigenvalue weighted by Gasteiger charge is 2.20. The molecule has 0 aliphatic heterocycles. The Balaban J connectivity index is 1.70. The smallest absolute Gasteiger partial charge is 0.0641 e. The van der Waals surface area contributed by atoms with Crippen LogP contribution in [-0.4, -0.2) is 19.8 Å². The van der Waals surface area contributed by atoms with Crippen molar-refractivity contribution in [3.05, 3.63) is 35.9 Å². The summed E-state index contributed by atoms with van der Waals surface area (Å²) in [6, 6.07) is 12.5. The van der Waals surface area contributed by atoms with E-state index in [2.05, 4.69) is 23.5 Å². The standard InChI is InChI=1S/C15H20N2O/c16-9-8-15(14-4-2-1-3-5-14)17-10-11-18-12-13-6-7-13/h1-5,13,15,17H,6-8,10-12H2. The Bertz CT molecular complexity index is 381. The van der Waals surface area contributed by atoms with Gasteiger partial charge in [-0.05, 0) is 24.3 Å². The van der Waals surface area contributed by atoms with E-state index in [1.165, 1.54) is 18.4 Å². The maximum Gasteiger partial charge on any atom is 0.0641 e. The molecular formula is C15H20N2O. The number of ether oxygens (including phenoxy) is 1. The minimum Gasteiger partial charge on any atom is -0.380 e. The largest absolute Gasteiger partial charge is 0.380 e. The average molecular weight is 244 g/mol. The number of nitrogens with one attached hydrogen (secondary N) is 1. The Hall–Kier alpha value is -1.37. The molecule has 1 saturated carbocycles. The van der Waals surface area contributed by atoms with Crippen LogP contribution in [0.3, 0.4) is 0 Å². The van der Waals surface area contributed by atoms with Gasteiger partial charge in [0.2, 0.25) is 0 Å². The highest BCUT2D eigenvalue weighted by Crippen LogP contribution is 2.28. The number of nitriles is 1. The molecule has 3 heteroatoms. The Labute approximate surface area is 109 Å². The van der Waals surface area contributed by atoms with Gasteiger partial charge in [0, 0.05) is 19.2 Å². The van der Waals surface area contributed by atoms with E-state index in [1.54, 1.807) is 0 Å². The summed E-state index contributed by atoms with van der Waals surface area (Å²) in [7, 11) is 0. The van der Waals surface area contributed by atoms with E-state index in [0.29, 0.717) is 6.42 Å². The molecule has 18 heavy (non-hydrogen) atoms. The highest BCUT2D eigenvalue weighted by atomic mass is 16.5. The predicted molar refractivity (Wildman–Crippen MR) is 71.0 cm³/mol. The van der Waals surface area contributed by atoms with Crippen molar-refractivity contribution in [3.8, 4) is 6.07 Å². The van der Waals surface area contributed by atoms with Crippen molar-refractivity contribution < 1.29 is 4.74 Å². The molecule has 3 nitrogen and oxygen atoms in total. The Morgan fingerprint density at radius 1 is 1.33 bits per heavy atom. The van der Waals surface area contributed by atoms with Crippen LogP contribution >= 0.6 is 0 Å². The van der Waals surface area contributed by atoms with Gasteiger partial charge in [0.05, 0.1) is 19.1 Å². The zero-order valence-electron chi connectivity index (χ0n) is 10.6. The number of hydrogen-bond donors (Lipinski definition) is 1. The topological polar surface area (TPSA) is 45.0 Å². The van der Waals surface area contributed by atoms with Crippen LogP contribution in [0.5, 0.6) is 0 Å². The zero-order chi connectivity index (χ0) is 12.6. The van der Waals surface area contributed by atoms with Crippen molar-refractivity contribution in [1.29, 1.82) is 5.26 Å².